The summed E-state index contributed by atoms with van der Waals surface area (Å²) in [4.78, 5) is 32.6. The Labute approximate surface area is 166 Å². The standard InChI is InChI=1S/C20H21N5O4/c1-11-10-16(22-19(27)13-7-5-9-15(28-2)17(13)29-3)25(24-11)20-21-14-8-4-6-12(14)18(26)23-20/h5,7,9-10H,4,6,8H2,1-3H3,(H,22,27)(H,21,23,26). The van der Waals surface area contributed by atoms with Crippen molar-refractivity contribution in [3.05, 3.63) is 57.1 Å². The molecule has 1 amide bonds. The third-order valence-corrected chi connectivity index (χ3v) is 4.85. The minimum atomic E-state index is -0.398. The molecule has 3 aromatic rings. The van der Waals surface area contributed by atoms with Gasteiger partial charge in [-0.15, -0.1) is 0 Å². The predicted octanol–water partition coefficient (Wildman–Crippen LogP) is 2.02. The fourth-order valence-electron chi connectivity index (χ4n) is 3.53. The van der Waals surface area contributed by atoms with Crippen molar-refractivity contribution in [3.63, 3.8) is 0 Å². The van der Waals surface area contributed by atoms with Gasteiger partial charge in [0, 0.05) is 11.6 Å². The Kier molecular flexibility index (Phi) is 4.79. The number of hydrogen-bond donors (Lipinski definition) is 2. The van der Waals surface area contributed by atoms with Gasteiger partial charge in [0.25, 0.3) is 11.5 Å². The number of fused-ring (bicyclic) bond motifs is 1. The van der Waals surface area contributed by atoms with Gasteiger partial charge in [-0.2, -0.15) is 9.78 Å². The molecule has 2 N–H and O–H groups in total. The molecular weight excluding hydrogens is 374 g/mol. The Balaban J connectivity index is 1.71. The first kappa shape index (κ1) is 18.7. The zero-order chi connectivity index (χ0) is 20.5. The largest absolute Gasteiger partial charge is 0.493 e. The molecule has 1 aliphatic carbocycles. The van der Waals surface area contributed by atoms with Gasteiger partial charge in [-0.1, -0.05) is 6.07 Å². The zero-order valence-electron chi connectivity index (χ0n) is 16.4. The molecule has 4 rings (SSSR count). The van der Waals surface area contributed by atoms with Gasteiger partial charge < -0.3 is 14.8 Å². The van der Waals surface area contributed by atoms with Crippen LogP contribution in [-0.4, -0.2) is 39.9 Å². The van der Waals surface area contributed by atoms with Crippen LogP contribution in [0.4, 0.5) is 5.82 Å². The maximum Gasteiger partial charge on any atom is 0.260 e. The van der Waals surface area contributed by atoms with E-state index in [0.717, 1.165) is 30.5 Å². The summed E-state index contributed by atoms with van der Waals surface area (Å²) < 4.78 is 12.0. The molecule has 2 aromatic heterocycles. The van der Waals surface area contributed by atoms with Gasteiger partial charge in [-0.25, -0.2) is 4.98 Å². The summed E-state index contributed by atoms with van der Waals surface area (Å²) in [5, 5.41) is 7.21. The molecule has 0 saturated carbocycles. The molecule has 0 aliphatic heterocycles. The van der Waals surface area contributed by atoms with Crippen molar-refractivity contribution in [3.8, 4) is 17.4 Å². The van der Waals surface area contributed by atoms with Crippen LogP contribution in [0.25, 0.3) is 5.95 Å². The molecular formula is C20H21N5O4. The summed E-state index contributed by atoms with van der Waals surface area (Å²) >= 11 is 0. The number of ether oxygens (including phenoxy) is 2. The molecule has 0 bridgehead atoms. The first-order valence-electron chi connectivity index (χ1n) is 9.23. The number of para-hydroxylation sites is 1. The normalized spacial score (nSPS) is 12.5. The summed E-state index contributed by atoms with van der Waals surface area (Å²) in [5.74, 6) is 1.05. The van der Waals surface area contributed by atoms with Crippen LogP contribution in [0.5, 0.6) is 11.5 Å². The molecule has 0 radical (unpaired) electrons. The second kappa shape index (κ2) is 7.42. The van der Waals surface area contributed by atoms with Gasteiger partial charge in [0.15, 0.2) is 11.5 Å². The highest BCUT2D eigenvalue weighted by molar-refractivity contribution is 6.06. The predicted molar refractivity (Wildman–Crippen MR) is 106 cm³/mol. The van der Waals surface area contributed by atoms with Gasteiger partial charge >= 0.3 is 0 Å². The van der Waals surface area contributed by atoms with Crippen molar-refractivity contribution < 1.29 is 14.3 Å². The summed E-state index contributed by atoms with van der Waals surface area (Å²) in [5.41, 5.74) is 2.32. The van der Waals surface area contributed by atoms with Gasteiger partial charge in [-0.05, 0) is 38.3 Å². The number of aryl methyl sites for hydroxylation is 2. The van der Waals surface area contributed by atoms with Gasteiger partial charge in [-0.3, -0.25) is 14.6 Å². The number of aromatic amines is 1. The lowest BCUT2D eigenvalue weighted by Gasteiger charge is -2.13. The molecule has 9 nitrogen and oxygen atoms in total. The van der Waals surface area contributed by atoms with E-state index in [1.165, 1.54) is 18.9 Å². The number of aromatic nitrogens is 4. The molecule has 2 heterocycles. The highest BCUT2D eigenvalue weighted by atomic mass is 16.5. The van der Waals surface area contributed by atoms with Crippen LogP contribution in [0.2, 0.25) is 0 Å². The average Bonchev–Trinajstić information content (AvgIpc) is 3.33. The van der Waals surface area contributed by atoms with E-state index in [2.05, 4.69) is 20.4 Å². The summed E-state index contributed by atoms with van der Waals surface area (Å²) in [7, 11) is 2.98. The topological polar surface area (TPSA) is 111 Å². The maximum atomic E-state index is 12.9. The van der Waals surface area contributed by atoms with Crippen molar-refractivity contribution >= 4 is 11.7 Å². The number of benzene rings is 1. The van der Waals surface area contributed by atoms with Crippen LogP contribution < -0.4 is 20.3 Å². The third kappa shape index (κ3) is 3.35. The monoisotopic (exact) mass is 395 g/mol. The molecule has 9 heteroatoms. The fraction of sp³-hybridized carbons (Fsp3) is 0.300. The molecule has 0 unspecified atom stereocenters. The van der Waals surface area contributed by atoms with E-state index < -0.39 is 5.91 Å². The number of rotatable bonds is 5. The Morgan fingerprint density at radius 3 is 2.83 bits per heavy atom. The second-order valence-corrected chi connectivity index (χ2v) is 6.75. The van der Waals surface area contributed by atoms with Crippen molar-refractivity contribution in [1.29, 1.82) is 0 Å². The van der Waals surface area contributed by atoms with E-state index >= 15 is 0 Å². The molecule has 0 atom stereocenters. The SMILES string of the molecule is COc1cccc(C(=O)Nc2cc(C)nn2-c2nc3c(c(=O)[nH]2)CCC3)c1OC. The van der Waals surface area contributed by atoms with E-state index in [1.54, 1.807) is 31.2 Å². The first-order chi connectivity index (χ1) is 14.0. The van der Waals surface area contributed by atoms with Gasteiger partial charge in [0.1, 0.15) is 5.82 Å². The van der Waals surface area contributed by atoms with Crippen molar-refractivity contribution in [2.45, 2.75) is 26.2 Å². The van der Waals surface area contributed by atoms with E-state index in [4.69, 9.17) is 9.47 Å². The molecule has 1 aliphatic rings. The summed E-state index contributed by atoms with van der Waals surface area (Å²) in [6.45, 7) is 1.80. The van der Waals surface area contributed by atoms with E-state index in [1.807, 2.05) is 0 Å². The number of nitrogens with zero attached hydrogens (tertiary/aromatic N) is 3. The Morgan fingerprint density at radius 2 is 2.07 bits per heavy atom. The maximum absolute atomic E-state index is 12.9. The number of methoxy groups -OCH3 is 2. The van der Waals surface area contributed by atoms with Crippen molar-refractivity contribution in [1.82, 2.24) is 19.7 Å². The third-order valence-electron chi connectivity index (χ3n) is 4.85. The minimum Gasteiger partial charge on any atom is -0.493 e. The molecule has 0 saturated heterocycles. The molecule has 150 valence electrons. The number of carbonyl (C=O) groups is 1. The highest BCUT2D eigenvalue weighted by Crippen LogP contribution is 2.31. The van der Waals surface area contributed by atoms with E-state index in [-0.39, 0.29) is 11.5 Å². The van der Waals surface area contributed by atoms with E-state index in [9.17, 15) is 9.59 Å². The first-order valence-corrected chi connectivity index (χ1v) is 9.23. The molecule has 0 spiro atoms. The lowest BCUT2D eigenvalue weighted by Crippen LogP contribution is -2.21. The Morgan fingerprint density at radius 1 is 1.24 bits per heavy atom. The number of H-pyrrole nitrogens is 1. The van der Waals surface area contributed by atoms with Crippen molar-refractivity contribution in [2.75, 3.05) is 19.5 Å². The Hall–Kier alpha value is -3.62. The fourth-order valence-corrected chi connectivity index (χ4v) is 3.53. The number of nitrogens with one attached hydrogen (secondary N) is 2. The number of anilines is 1. The lowest BCUT2D eigenvalue weighted by molar-refractivity contribution is 0.102. The number of amides is 1. The minimum absolute atomic E-state index is 0.164. The molecule has 0 fully saturated rings. The quantitative estimate of drug-likeness (QED) is 0.684. The lowest BCUT2D eigenvalue weighted by atomic mass is 10.1. The second-order valence-electron chi connectivity index (χ2n) is 6.75. The highest BCUT2D eigenvalue weighted by Gasteiger charge is 2.22. The van der Waals surface area contributed by atoms with Crippen LogP contribution in [0.15, 0.2) is 29.1 Å². The number of hydrogen-bond acceptors (Lipinski definition) is 6. The molecule has 1 aromatic carbocycles. The van der Waals surface area contributed by atoms with Gasteiger partial charge in [0.05, 0.1) is 31.2 Å². The van der Waals surface area contributed by atoms with Crippen LogP contribution in [0, 0.1) is 6.92 Å². The van der Waals surface area contributed by atoms with Crippen LogP contribution in [0.3, 0.4) is 0 Å². The van der Waals surface area contributed by atoms with Crippen molar-refractivity contribution in [2.24, 2.45) is 0 Å². The van der Waals surface area contributed by atoms with E-state index in [0.29, 0.717) is 28.6 Å². The zero-order valence-corrected chi connectivity index (χ0v) is 16.4. The van der Waals surface area contributed by atoms with Gasteiger partial charge in [0.2, 0.25) is 5.95 Å². The van der Waals surface area contributed by atoms with Crippen LogP contribution >= 0.6 is 0 Å². The Bertz CT molecular complexity index is 1150. The number of carbonyl (C=O) groups excluding carboxylic acids is 1. The average molecular weight is 395 g/mol. The molecule has 29 heavy (non-hydrogen) atoms. The smallest absolute Gasteiger partial charge is 0.260 e. The van der Waals surface area contributed by atoms with Crippen LogP contribution in [-0.2, 0) is 12.8 Å². The summed E-state index contributed by atoms with van der Waals surface area (Å²) in [6.07, 6.45) is 2.40. The summed E-state index contributed by atoms with van der Waals surface area (Å²) in [6, 6.07) is 6.76. The van der Waals surface area contributed by atoms with Crippen LogP contribution in [0.1, 0.15) is 33.7 Å².